The average molecular weight is 191 g/mol. The highest BCUT2D eigenvalue weighted by molar-refractivity contribution is 7.85. The molecule has 0 radical (unpaired) electrons. The van der Waals surface area contributed by atoms with Gasteiger partial charge in [0, 0.05) is 42.5 Å². The van der Waals surface area contributed by atoms with Crippen molar-refractivity contribution in [3.63, 3.8) is 0 Å². The van der Waals surface area contributed by atoms with Crippen LogP contribution in [0.2, 0.25) is 0 Å². The van der Waals surface area contributed by atoms with E-state index in [0.29, 0.717) is 24.6 Å². The molecule has 5 heteroatoms. The van der Waals surface area contributed by atoms with Gasteiger partial charge in [0.2, 0.25) is 5.91 Å². The molecule has 0 aromatic heterocycles. The van der Waals surface area contributed by atoms with Crippen molar-refractivity contribution in [1.29, 1.82) is 0 Å². The molecule has 0 saturated carbocycles. The highest BCUT2D eigenvalue weighted by Gasteiger charge is 2.19. The molecule has 12 heavy (non-hydrogen) atoms. The van der Waals surface area contributed by atoms with Crippen LogP contribution >= 0.6 is 0 Å². The number of rotatable bonds is 2. The van der Waals surface area contributed by atoms with E-state index in [9.17, 15) is 9.00 Å². The number of ether oxygens (including phenoxy) is 1. The number of carbonyl (C=O) groups is 1. The Morgan fingerprint density at radius 1 is 1.50 bits per heavy atom. The quantitative estimate of drug-likeness (QED) is 0.575. The number of carbonyl (C=O) groups excluding carboxylic acids is 1. The van der Waals surface area contributed by atoms with Crippen molar-refractivity contribution in [1.82, 2.24) is 4.90 Å². The highest BCUT2D eigenvalue weighted by atomic mass is 32.2. The van der Waals surface area contributed by atoms with E-state index < -0.39 is 10.8 Å². The highest BCUT2D eigenvalue weighted by Crippen LogP contribution is 2.00. The van der Waals surface area contributed by atoms with Crippen LogP contribution in [0.3, 0.4) is 0 Å². The molecule has 1 amide bonds. The Hall–Kier alpha value is -0.420. The topological polar surface area (TPSA) is 46.6 Å². The van der Waals surface area contributed by atoms with Crippen LogP contribution in [0, 0.1) is 0 Å². The molecule has 70 valence electrons. The van der Waals surface area contributed by atoms with Crippen molar-refractivity contribution in [2.75, 3.05) is 38.3 Å². The van der Waals surface area contributed by atoms with Gasteiger partial charge < -0.3 is 9.64 Å². The summed E-state index contributed by atoms with van der Waals surface area (Å²) in [5.74, 6) is 1.21. The Balaban J connectivity index is 2.33. The first-order valence-corrected chi connectivity index (χ1v) is 5.34. The van der Waals surface area contributed by atoms with Crippen molar-refractivity contribution in [3.05, 3.63) is 0 Å². The van der Waals surface area contributed by atoms with E-state index in [4.69, 9.17) is 4.74 Å². The Labute approximate surface area is 74.3 Å². The summed E-state index contributed by atoms with van der Waals surface area (Å²) in [6.45, 7) is 1.34. The van der Waals surface area contributed by atoms with Crippen LogP contribution in [0.1, 0.15) is 0 Å². The van der Waals surface area contributed by atoms with E-state index in [1.807, 2.05) is 0 Å². The minimum Gasteiger partial charge on any atom is -0.375 e. The number of hydrogen-bond donors (Lipinski definition) is 0. The average Bonchev–Trinajstić information content (AvgIpc) is 2.06. The molecule has 1 saturated heterocycles. The normalized spacial score (nSPS) is 19.6. The van der Waals surface area contributed by atoms with E-state index >= 15 is 0 Å². The molecule has 1 aliphatic rings. The molecule has 0 N–H and O–H groups in total. The monoisotopic (exact) mass is 191 g/mol. The predicted octanol–water partition coefficient (Wildman–Crippen LogP) is -0.776. The maximum absolute atomic E-state index is 11.2. The molecule has 0 atom stereocenters. The molecule has 4 nitrogen and oxygen atoms in total. The van der Waals surface area contributed by atoms with E-state index in [0.717, 1.165) is 0 Å². The fourth-order valence-electron chi connectivity index (χ4n) is 1.10. The van der Waals surface area contributed by atoms with E-state index in [1.54, 1.807) is 4.90 Å². The van der Waals surface area contributed by atoms with Gasteiger partial charge in [0.15, 0.2) is 0 Å². The molecule has 1 rings (SSSR count). The third-order valence-electron chi connectivity index (χ3n) is 1.80. The van der Waals surface area contributed by atoms with Crippen molar-refractivity contribution >= 4 is 16.7 Å². The Bertz CT molecular complexity index is 185. The summed E-state index contributed by atoms with van der Waals surface area (Å²) >= 11 is 0. The van der Waals surface area contributed by atoms with E-state index in [-0.39, 0.29) is 12.5 Å². The van der Waals surface area contributed by atoms with Crippen LogP contribution in [0.25, 0.3) is 0 Å². The zero-order valence-electron chi connectivity index (χ0n) is 7.12. The first-order valence-electron chi connectivity index (χ1n) is 3.85. The molecule has 1 aliphatic heterocycles. The van der Waals surface area contributed by atoms with Gasteiger partial charge in [-0.2, -0.15) is 0 Å². The molecular weight excluding hydrogens is 178 g/mol. The van der Waals surface area contributed by atoms with Gasteiger partial charge >= 0.3 is 0 Å². The summed E-state index contributed by atoms with van der Waals surface area (Å²) in [6, 6.07) is 0. The fourth-order valence-corrected chi connectivity index (χ4v) is 2.15. The number of hydrogen-bond acceptors (Lipinski definition) is 3. The minimum absolute atomic E-state index is 0.00537. The second kappa shape index (κ2) is 4.57. The molecule has 1 heterocycles. The third kappa shape index (κ3) is 2.57. The van der Waals surface area contributed by atoms with E-state index in [1.165, 1.54) is 7.11 Å². The summed E-state index contributed by atoms with van der Waals surface area (Å²) in [6.07, 6.45) is 0. The molecule has 0 aliphatic carbocycles. The molecule has 1 fully saturated rings. The first-order chi connectivity index (χ1) is 5.74. The standard InChI is InChI=1S/C7H13NO3S/c1-11-6-7(9)8-2-4-12(10)5-3-8/h2-6H2,1H3. The fraction of sp³-hybridized carbons (Fsp3) is 0.857. The largest absolute Gasteiger partial charge is 0.375 e. The third-order valence-corrected chi connectivity index (χ3v) is 3.07. The van der Waals surface area contributed by atoms with Gasteiger partial charge in [-0.15, -0.1) is 0 Å². The van der Waals surface area contributed by atoms with Crippen LogP contribution in [-0.4, -0.2) is 53.3 Å². The zero-order chi connectivity index (χ0) is 8.97. The minimum atomic E-state index is -0.716. The smallest absolute Gasteiger partial charge is 0.248 e. The summed E-state index contributed by atoms with van der Waals surface area (Å²) in [5, 5.41) is 0. The Morgan fingerprint density at radius 2 is 2.08 bits per heavy atom. The lowest BCUT2D eigenvalue weighted by atomic mass is 10.4. The van der Waals surface area contributed by atoms with Crippen LogP contribution < -0.4 is 0 Å². The van der Waals surface area contributed by atoms with Gasteiger partial charge in [-0.1, -0.05) is 0 Å². The van der Waals surface area contributed by atoms with Crippen molar-refractivity contribution in [2.24, 2.45) is 0 Å². The van der Waals surface area contributed by atoms with Gasteiger partial charge in [0.1, 0.15) is 6.61 Å². The Morgan fingerprint density at radius 3 is 2.58 bits per heavy atom. The van der Waals surface area contributed by atoms with Crippen molar-refractivity contribution < 1.29 is 13.7 Å². The van der Waals surface area contributed by atoms with Crippen LogP contribution in [0.4, 0.5) is 0 Å². The van der Waals surface area contributed by atoms with E-state index in [2.05, 4.69) is 0 Å². The van der Waals surface area contributed by atoms with Gasteiger partial charge in [0.25, 0.3) is 0 Å². The lowest BCUT2D eigenvalue weighted by Gasteiger charge is -2.25. The SMILES string of the molecule is COCC(=O)N1CCS(=O)CC1. The number of methoxy groups -OCH3 is 1. The van der Waals surface area contributed by atoms with Crippen molar-refractivity contribution in [3.8, 4) is 0 Å². The number of amides is 1. The van der Waals surface area contributed by atoms with Crippen LogP contribution in [0.5, 0.6) is 0 Å². The van der Waals surface area contributed by atoms with Gasteiger partial charge in [0.05, 0.1) is 0 Å². The summed E-state index contributed by atoms with van der Waals surface area (Å²) in [5.41, 5.74) is 0. The lowest BCUT2D eigenvalue weighted by molar-refractivity contribution is -0.134. The predicted molar refractivity (Wildman–Crippen MR) is 46.3 cm³/mol. The van der Waals surface area contributed by atoms with Gasteiger partial charge in [-0.05, 0) is 0 Å². The maximum Gasteiger partial charge on any atom is 0.248 e. The molecule has 0 unspecified atom stereocenters. The number of nitrogens with zero attached hydrogens (tertiary/aromatic N) is 1. The molecule has 0 aromatic carbocycles. The summed E-state index contributed by atoms with van der Waals surface area (Å²) in [7, 11) is 0.784. The maximum atomic E-state index is 11.2. The van der Waals surface area contributed by atoms with Crippen LogP contribution in [-0.2, 0) is 20.3 Å². The summed E-state index contributed by atoms with van der Waals surface area (Å²) < 4.78 is 15.6. The molecular formula is C7H13NO3S. The van der Waals surface area contributed by atoms with Gasteiger partial charge in [-0.25, -0.2) is 0 Å². The second-order valence-electron chi connectivity index (χ2n) is 2.66. The van der Waals surface area contributed by atoms with Crippen LogP contribution in [0.15, 0.2) is 0 Å². The van der Waals surface area contributed by atoms with Crippen molar-refractivity contribution in [2.45, 2.75) is 0 Å². The summed E-state index contributed by atoms with van der Waals surface area (Å²) in [4.78, 5) is 12.9. The molecule has 0 spiro atoms. The Kier molecular flexibility index (Phi) is 3.68. The molecule has 0 bridgehead atoms. The zero-order valence-corrected chi connectivity index (χ0v) is 7.93. The van der Waals surface area contributed by atoms with Gasteiger partial charge in [-0.3, -0.25) is 9.00 Å². The molecule has 0 aromatic rings. The second-order valence-corrected chi connectivity index (χ2v) is 4.36. The lowest BCUT2D eigenvalue weighted by Crippen LogP contribution is -2.43. The first kappa shape index (κ1) is 9.67.